The average molecular weight is 255 g/mol. The highest BCUT2D eigenvalue weighted by molar-refractivity contribution is 5.57. The van der Waals surface area contributed by atoms with E-state index < -0.39 is 18.6 Å². The number of nitrogens with zero attached hydrogens (tertiary/aromatic N) is 1. The van der Waals surface area contributed by atoms with Crippen molar-refractivity contribution in [2.45, 2.75) is 37.8 Å². The molecule has 0 bridgehead atoms. The quantitative estimate of drug-likeness (QED) is 0.725. The minimum absolute atomic E-state index is 0.115. The van der Waals surface area contributed by atoms with Crippen LogP contribution in [0.1, 0.15) is 19.3 Å². The van der Waals surface area contributed by atoms with Crippen molar-refractivity contribution < 1.29 is 18.3 Å². The fourth-order valence-electron chi connectivity index (χ4n) is 2.42. The molecule has 0 saturated carbocycles. The minimum Gasteiger partial charge on any atom is -0.374 e. The molecule has 1 fully saturated rings. The number of carbonyl (C=O) groups excluding carboxylic acids is 1. The molecule has 0 unspecified atom stereocenters. The fourth-order valence-corrected chi connectivity index (χ4v) is 2.42. The second kappa shape index (κ2) is 5.46. The second-order valence-corrected chi connectivity index (χ2v) is 4.33. The lowest BCUT2D eigenvalue weighted by atomic mass is 10.1. The third-order valence-corrected chi connectivity index (χ3v) is 3.29. The molecule has 1 heterocycles. The van der Waals surface area contributed by atoms with E-state index in [-0.39, 0.29) is 12.1 Å². The highest BCUT2D eigenvalue weighted by Crippen LogP contribution is 2.36. The number of ether oxygens (including phenoxy) is 1. The first kappa shape index (κ1) is 13.0. The highest BCUT2D eigenvalue weighted by Gasteiger charge is 2.43. The van der Waals surface area contributed by atoms with E-state index in [1.165, 1.54) is 12.0 Å². The maximum Gasteiger partial charge on any atom is 0.259 e. The lowest BCUT2D eigenvalue weighted by Crippen LogP contribution is -2.33. The zero-order valence-electron chi connectivity index (χ0n) is 10.1. The van der Waals surface area contributed by atoms with Crippen LogP contribution in [0.15, 0.2) is 29.6 Å². The summed E-state index contributed by atoms with van der Waals surface area (Å²) in [6, 6.07) is -1.01. The van der Waals surface area contributed by atoms with Gasteiger partial charge in [0.15, 0.2) is 0 Å². The molecule has 0 aromatic heterocycles. The van der Waals surface area contributed by atoms with Crippen LogP contribution in [0.5, 0.6) is 0 Å². The minimum atomic E-state index is -2.52. The zero-order valence-corrected chi connectivity index (χ0v) is 10.1. The summed E-state index contributed by atoms with van der Waals surface area (Å²) in [5, 5.41) is 0. The highest BCUT2D eigenvalue weighted by atomic mass is 19.3. The largest absolute Gasteiger partial charge is 0.374 e. The number of hydrogen-bond donors (Lipinski definition) is 0. The van der Waals surface area contributed by atoms with Gasteiger partial charge in [-0.2, -0.15) is 0 Å². The molecule has 1 aliphatic carbocycles. The molecule has 18 heavy (non-hydrogen) atoms. The third-order valence-electron chi connectivity index (χ3n) is 3.29. The van der Waals surface area contributed by atoms with Crippen molar-refractivity contribution in [3.8, 4) is 0 Å². The first-order chi connectivity index (χ1) is 8.69. The van der Waals surface area contributed by atoms with Crippen LogP contribution in [0.3, 0.4) is 0 Å². The Morgan fingerprint density at radius 2 is 2.28 bits per heavy atom. The molecule has 0 amide bonds. The lowest BCUT2D eigenvalue weighted by Gasteiger charge is -2.27. The Morgan fingerprint density at radius 1 is 1.50 bits per heavy atom. The van der Waals surface area contributed by atoms with Crippen LogP contribution in [0.4, 0.5) is 8.78 Å². The van der Waals surface area contributed by atoms with Gasteiger partial charge in [-0.1, -0.05) is 12.2 Å². The maximum atomic E-state index is 13.1. The van der Waals surface area contributed by atoms with Gasteiger partial charge < -0.3 is 9.64 Å². The molecule has 5 heteroatoms. The van der Waals surface area contributed by atoms with Gasteiger partial charge in [0, 0.05) is 19.2 Å². The topological polar surface area (TPSA) is 29.5 Å². The number of hydrogen-bond acceptors (Lipinski definition) is 3. The van der Waals surface area contributed by atoms with E-state index in [1.807, 2.05) is 12.2 Å². The number of halogens is 2. The van der Waals surface area contributed by atoms with E-state index >= 15 is 0 Å². The van der Waals surface area contributed by atoms with Gasteiger partial charge in [0.1, 0.15) is 17.7 Å². The molecule has 0 radical (unpaired) electrons. The van der Waals surface area contributed by atoms with Crippen molar-refractivity contribution in [3.63, 3.8) is 0 Å². The van der Waals surface area contributed by atoms with Crippen LogP contribution in [0.25, 0.3) is 0 Å². The van der Waals surface area contributed by atoms with E-state index in [1.54, 1.807) is 12.0 Å². The van der Waals surface area contributed by atoms with Gasteiger partial charge >= 0.3 is 0 Å². The molecular formula is C13H15F2NO2. The summed E-state index contributed by atoms with van der Waals surface area (Å²) in [6.07, 6.45) is 4.23. The van der Waals surface area contributed by atoms with Crippen LogP contribution in [0.2, 0.25) is 0 Å². The molecule has 2 aliphatic rings. The third kappa shape index (κ3) is 2.24. The van der Waals surface area contributed by atoms with Gasteiger partial charge in [-0.15, -0.1) is 0 Å². The first-order valence-corrected chi connectivity index (χ1v) is 5.91. The second-order valence-electron chi connectivity index (χ2n) is 4.33. The maximum absolute atomic E-state index is 13.1. The predicted octanol–water partition coefficient (Wildman–Crippen LogP) is 2.29. The van der Waals surface area contributed by atoms with Crippen LogP contribution >= 0.6 is 0 Å². The van der Waals surface area contributed by atoms with E-state index in [4.69, 9.17) is 4.74 Å². The summed E-state index contributed by atoms with van der Waals surface area (Å²) in [4.78, 5) is 12.4. The molecule has 98 valence electrons. The van der Waals surface area contributed by atoms with Crippen molar-refractivity contribution in [2.75, 3.05) is 7.11 Å². The lowest BCUT2D eigenvalue weighted by molar-refractivity contribution is 0.0629. The van der Waals surface area contributed by atoms with Gasteiger partial charge in [-0.25, -0.2) is 13.6 Å². The van der Waals surface area contributed by atoms with Crippen molar-refractivity contribution in [1.29, 1.82) is 0 Å². The summed E-state index contributed by atoms with van der Waals surface area (Å²) < 4.78 is 31.2. The van der Waals surface area contributed by atoms with Crippen LogP contribution < -0.4 is 0 Å². The fraction of sp³-hybridized carbons (Fsp3) is 0.538. The molecule has 0 spiro atoms. The summed E-state index contributed by atoms with van der Waals surface area (Å²) in [7, 11) is 1.42. The Kier molecular flexibility index (Phi) is 3.94. The molecule has 1 aliphatic heterocycles. The summed E-state index contributed by atoms with van der Waals surface area (Å²) in [6.45, 7) is 0. The average Bonchev–Trinajstić information content (AvgIpc) is 2.78. The standard InChI is InChI=1S/C13H15F2NO2/c1-18-12-7-10(13(14)15)16(11(12)8-17)9-5-3-2-4-6-9/h3,5-6,10,12-13H,2,4,7H2,1H3/t10-,12-/m0/s1. The van der Waals surface area contributed by atoms with Crippen molar-refractivity contribution in [2.24, 2.45) is 0 Å². The van der Waals surface area contributed by atoms with Crippen molar-refractivity contribution >= 4 is 5.94 Å². The number of rotatable bonds is 3. The molecule has 0 aromatic rings. The van der Waals surface area contributed by atoms with Crippen LogP contribution in [0, 0.1) is 0 Å². The Balaban J connectivity index is 2.35. The van der Waals surface area contributed by atoms with E-state index in [9.17, 15) is 13.6 Å². The van der Waals surface area contributed by atoms with E-state index in [0.29, 0.717) is 5.70 Å². The number of alkyl halides is 2. The Bertz CT molecular complexity index is 425. The Morgan fingerprint density at radius 3 is 2.78 bits per heavy atom. The SMILES string of the molecule is CO[C@H]1C[C@@H](C(F)F)N(C2=CCCC=C2)C1=C=O. The summed E-state index contributed by atoms with van der Waals surface area (Å²) >= 11 is 0. The van der Waals surface area contributed by atoms with Gasteiger partial charge in [0.25, 0.3) is 6.43 Å². The van der Waals surface area contributed by atoms with Gasteiger partial charge in [-0.3, -0.25) is 0 Å². The molecule has 1 saturated heterocycles. The van der Waals surface area contributed by atoms with Crippen molar-refractivity contribution in [1.82, 2.24) is 4.90 Å². The molecule has 2 atom stereocenters. The van der Waals surface area contributed by atoms with Gasteiger partial charge in [0.2, 0.25) is 0 Å². The zero-order chi connectivity index (χ0) is 13.1. The number of methoxy groups -OCH3 is 1. The number of likely N-dealkylation sites (tertiary alicyclic amines) is 1. The van der Waals surface area contributed by atoms with E-state index in [2.05, 4.69) is 0 Å². The van der Waals surface area contributed by atoms with Crippen LogP contribution in [-0.4, -0.2) is 36.5 Å². The molecule has 0 N–H and O–H groups in total. The molecular weight excluding hydrogens is 240 g/mol. The summed E-state index contributed by atoms with van der Waals surface area (Å²) in [5.74, 6) is 1.76. The summed E-state index contributed by atoms with van der Waals surface area (Å²) in [5.41, 5.74) is 0.810. The Hall–Kier alpha value is -1.45. The monoisotopic (exact) mass is 255 g/mol. The normalized spacial score (nSPS) is 27.7. The first-order valence-electron chi connectivity index (χ1n) is 5.91. The smallest absolute Gasteiger partial charge is 0.259 e. The van der Waals surface area contributed by atoms with Gasteiger partial charge in [0.05, 0.1) is 6.04 Å². The molecule has 3 nitrogen and oxygen atoms in total. The predicted molar refractivity (Wildman–Crippen MR) is 62.7 cm³/mol. The van der Waals surface area contributed by atoms with Crippen molar-refractivity contribution in [3.05, 3.63) is 29.6 Å². The Labute approximate surface area is 104 Å². The van der Waals surface area contributed by atoms with Crippen LogP contribution in [-0.2, 0) is 9.53 Å². The molecule has 0 aromatic carbocycles. The van der Waals surface area contributed by atoms with Gasteiger partial charge in [-0.05, 0) is 18.9 Å². The van der Waals surface area contributed by atoms with E-state index in [0.717, 1.165) is 12.8 Å². The number of allylic oxidation sites excluding steroid dienone is 3. The molecule has 2 rings (SSSR count).